The smallest absolute Gasteiger partial charge is 0.255 e. The number of carbonyl (C=O) groups excluding carboxylic acids is 1. The summed E-state index contributed by atoms with van der Waals surface area (Å²) in [5.41, 5.74) is 1.50. The molecule has 0 saturated carbocycles. The van der Waals surface area contributed by atoms with Gasteiger partial charge in [0.1, 0.15) is 0 Å². The van der Waals surface area contributed by atoms with Gasteiger partial charge in [-0.15, -0.1) is 11.3 Å². The van der Waals surface area contributed by atoms with E-state index in [4.69, 9.17) is 16.0 Å². The molecule has 0 bridgehead atoms. The summed E-state index contributed by atoms with van der Waals surface area (Å²) < 4.78 is 5.11. The lowest BCUT2D eigenvalue weighted by atomic mass is 10.1. The Hall–Kier alpha value is -2.04. The number of rotatable bonds is 6. The third-order valence-corrected chi connectivity index (χ3v) is 4.82. The molecule has 2 aromatic heterocycles. The van der Waals surface area contributed by atoms with E-state index < -0.39 is 0 Å². The Morgan fingerprint density at radius 1 is 1.17 bits per heavy atom. The van der Waals surface area contributed by atoms with E-state index in [1.165, 1.54) is 4.88 Å². The molecule has 0 atom stereocenters. The molecule has 0 unspecified atom stereocenters. The summed E-state index contributed by atoms with van der Waals surface area (Å²) in [5, 5.41) is 2.52. The predicted octanol–water partition coefficient (Wildman–Crippen LogP) is 4.88. The van der Waals surface area contributed by atoms with Crippen molar-refractivity contribution in [1.29, 1.82) is 0 Å². The van der Waals surface area contributed by atoms with E-state index in [-0.39, 0.29) is 5.91 Å². The van der Waals surface area contributed by atoms with E-state index in [2.05, 4.69) is 6.07 Å². The maximum atomic E-state index is 12.9. The van der Waals surface area contributed by atoms with E-state index in [1.54, 1.807) is 36.0 Å². The normalized spacial score (nSPS) is 10.7. The molecule has 0 N–H and O–H groups in total. The van der Waals surface area contributed by atoms with Crippen LogP contribution in [0.2, 0.25) is 5.02 Å². The Morgan fingerprint density at radius 3 is 2.74 bits per heavy atom. The first kappa shape index (κ1) is 15.8. The van der Waals surface area contributed by atoms with Crippen LogP contribution in [0.3, 0.4) is 0 Å². The Bertz CT molecular complexity index is 753. The van der Waals surface area contributed by atoms with Gasteiger partial charge in [0.2, 0.25) is 0 Å². The topological polar surface area (TPSA) is 33.5 Å². The highest BCUT2D eigenvalue weighted by atomic mass is 35.5. The molecule has 3 rings (SSSR count). The van der Waals surface area contributed by atoms with Crippen LogP contribution in [0.15, 0.2) is 64.8 Å². The van der Waals surface area contributed by atoms with Gasteiger partial charge in [-0.05, 0) is 36.1 Å². The molecular formula is C18H16ClNO2S. The molecule has 1 aromatic carbocycles. The van der Waals surface area contributed by atoms with Gasteiger partial charge in [0.05, 0.1) is 23.1 Å². The van der Waals surface area contributed by atoms with Crippen molar-refractivity contribution in [2.45, 2.75) is 13.0 Å². The summed E-state index contributed by atoms with van der Waals surface area (Å²) in [5.74, 6) is -0.0617. The Labute approximate surface area is 144 Å². The fourth-order valence-electron chi connectivity index (χ4n) is 2.36. The van der Waals surface area contributed by atoms with Crippen molar-refractivity contribution in [1.82, 2.24) is 4.90 Å². The molecule has 5 heteroatoms. The Balaban J connectivity index is 1.78. The van der Waals surface area contributed by atoms with Crippen molar-refractivity contribution in [2.24, 2.45) is 0 Å². The second-order valence-corrected chi connectivity index (χ2v) is 6.61. The van der Waals surface area contributed by atoms with E-state index >= 15 is 0 Å². The zero-order valence-electron chi connectivity index (χ0n) is 12.4. The van der Waals surface area contributed by atoms with Crippen LogP contribution in [0.1, 0.15) is 20.8 Å². The average Bonchev–Trinajstić information content (AvgIpc) is 3.25. The van der Waals surface area contributed by atoms with Crippen molar-refractivity contribution >= 4 is 28.8 Å². The first-order valence-electron chi connectivity index (χ1n) is 7.31. The number of thiophene rings is 1. The van der Waals surface area contributed by atoms with Crippen LogP contribution >= 0.6 is 22.9 Å². The van der Waals surface area contributed by atoms with E-state index in [1.807, 2.05) is 34.5 Å². The first-order chi connectivity index (χ1) is 11.2. The maximum Gasteiger partial charge on any atom is 0.255 e. The fraction of sp³-hybridized carbons (Fsp3) is 0.167. The van der Waals surface area contributed by atoms with Crippen molar-refractivity contribution in [3.8, 4) is 0 Å². The van der Waals surface area contributed by atoms with E-state index in [9.17, 15) is 4.79 Å². The summed E-state index contributed by atoms with van der Waals surface area (Å²) in [6.45, 7) is 1.14. The maximum absolute atomic E-state index is 12.9. The molecule has 0 fully saturated rings. The van der Waals surface area contributed by atoms with Gasteiger partial charge in [-0.3, -0.25) is 4.79 Å². The lowest BCUT2D eigenvalue weighted by molar-refractivity contribution is 0.0745. The minimum absolute atomic E-state index is 0.0617. The fourth-order valence-corrected chi connectivity index (χ4v) is 3.28. The van der Waals surface area contributed by atoms with Crippen molar-refractivity contribution < 1.29 is 9.21 Å². The van der Waals surface area contributed by atoms with Gasteiger partial charge >= 0.3 is 0 Å². The van der Waals surface area contributed by atoms with Gasteiger partial charge in [0, 0.05) is 23.5 Å². The highest BCUT2D eigenvalue weighted by molar-refractivity contribution is 7.09. The predicted molar refractivity (Wildman–Crippen MR) is 92.9 cm³/mol. The molecule has 0 saturated heterocycles. The minimum atomic E-state index is -0.0617. The number of amides is 1. The lowest BCUT2D eigenvalue weighted by Gasteiger charge is -2.22. The summed E-state index contributed by atoms with van der Waals surface area (Å²) in [6.07, 6.45) is 4.11. The zero-order valence-corrected chi connectivity index (χ0v) is 14.0. The summed E-state index contributed by atoms with van der Waals surface area (Å²) in [7, 11) is 0. The number of hydrogen-bond acceptors (Lipinski definition) is 3. The molecule has 0 spiro atoms. The highest BCUT2D eigenvalue weighted by Crippen LogP contribution is 2.19. The second kappa shape index (κ2) is 7.49. The summed E-state index contributed by atoms with van der Waals surface area (Å²) in [4.78, 5) is 15.9. The molecule has 0 aliphatic rings. The monoisotopic (exact) mass is 345 g/mol. The van der Waals surface area contributed by atoms with Gasteiger partial charge in [0.25, 0.3) is 5.91 Å². The third kappa shape index (κ3) is 4.03. The van der Waals surface area contributed by atoms with Gasteiger partial charge in [0.15, 0.2) is 0 Å². The van der Waals surface area contributed by atoms with Gasteiger partial charge < -0.3 is 9.32 Å². The Kier molecular flexibility index (Phi) is 5.16. The highest BCUT2D eigenvalue weighted by Gasteiger charge is 2.19. The first-order valence-corrected chi connectivity index (χ1v) is 8.57. The standard InChI is InChI=1S/C18H16ClNO2S/c19-17-6-2-1-5-16(17)18(21)20(12-14-8-10-22-13-14)9-7-15-4-3-11-23-15/h1-6,8,10-11,13H,7,9,12H2. The van der Waals surface area contributed by atoms with Crippen LogP contribution in [-0.2, 0) is 13.0 Å². The third-order valence-electron chi connectivity index (χ3n) is 3.55. The molecule has 0 aliphatic heterocycles. The SMILES string of the molecule is O=C(c1ccccc1Cl)N(CCc1cccs1)Cc1ccoc1. The van der Waals surface area contributed by atoms with Gasteiger partial charge in [-0.2, -0.15) is 0 Å². The largest absolute Gasteiger partial charge is 0.472 e. The molecule has 3 nitrogen and oxygen atoms in total. The lowest BCUT2D eigenvalue weighted by Crippen LogP contribution is -2.32. The molecule has 3 aromatic rings. The minimum Gasteiger partial charge on any atom is -0.472 e. The van der Waals surface area contributed by atoms with Crippen molar-refractivity contribution in [2.75, 3.05) is 6.54 Å². The zero-order chi connectivity index (χ0) is 16.1. The van der Waals surface area contributed by atoms with Gasteiger partial charge in [-0.1, -0.05) is 29.8 Å². The van der Waals surface area contributed by atoms with Crippen LogP contribution < -0.4 is 0 Å². The van der Waals surface area contributed by atoms with Crippen LogP contribution in [0, 0.1) is 0 Å². The summed E-state index contributed by atoms with van der Waals surface area (Å²) in [6, 6.07) is 13.1. The second-order valence-electron chi connectivity index (χ2n) is 5.17. The molecule has 1 amide bonds. The number of carbonyl (C=O) groups is 1. The number of nitrogens with zero attached hydrogens (tertiary/aromatic N) is 1. The molecule has 118 valence electrons. The van der Waals surface area contributed by atoms with Crippen LogP contribution in [0.25, 0.3) is 0 Å². The average molecular weight is 346 g/mol. The molecule has 0 radical (unpaired) electrons. The van der Waals surface area contributed by atoms with E-state index in [0.717, 1.165) is 12.0 Å². The number of halogens is 1. The quantitative estimate of drug-likeness (QED) is 0.638. The Morgan fingerprint density at radius 2 is 2.04 bits per heavy atom. The molecular weight excluding hydrogens is 330 g/mol. The van der Waals surface area contributed by atoms with E-state index in [0.29, 0.717) is 23.7 Å². The van der Waals surface area contributed by atoms with Gasteiger partial charge in [-0.25, -0.2) is 0 Å². The van der Waals surface area contributed by atoms with Crippen LogP contribution in [-0.4, -0.2) is 17.4 Å². The number of hydrogen-bond donors (Lipinski definition) is 0. The van der Waals surface area contributed by atoms with Crippen molar-refractivity contribution in [3.63, 3.8) is 0 Å². The molecule has 23 heavy (non-hydrogen) atoms. The van der Waals surface area contributed by atoms with Crippen LogP contribution in [0.5, 0.6) is 0 Å². The number of furan rings is 1. The van der Waals surface area contributed by atoms with Crippen molar-refractivity contribution in [3.05, 3.63) is 81.4 Å². The molecule has 2 heterocycles. The van der Waals surface area contributed by atoms with Crippen LogP contribution in [0.4, 0.5) is 0 Å². The number of benzene rings is 1. The molecule has 0 aliphatic carbocycles. The summed E-state index contributed by atoms with van der Waals surface area (Å²) >= 11 is 7.88.